The number of halogens is 2. The zero-order chi connectivity index (χ0) is 13.8. The Hall–Kier alpha value is -0.740. The Kier molecular flexibility index (Phi) is 8.98. The highest BCUT2D eigenvalue weighted by Crippen LogP contribution is 2.33. The lowest BCUT2D eigenvalue weighted by molar-refractivity contribution is 0.170. The highest BCUT2D eigenvalue weighted by molar-refractivity contribution is 5.85. The molecule has 0 aliphatic carbocycles. The van der Waals surface area contributed by atoms with Gasteiger partial charge in [-0.2, -0.15) is 0 Å². The number of piperazine rings is 1. The average molecular weight is 333 g/mol. The van der Waals surface area contributed by atoms with Crippen molar-refractivity contribution in [3.8, 4) is 5.75 Å². The second-order valence-electron chi connectivity index (χ2n) is 5.53. The van der Waals surface area contributed by atoms with Crippen LogP contribution in [0.3, 0.4) is 0 Å². The van der Waals surface area contributed by atoms with Crippen molar-refractivity contribution >= 4 is 24.8 Å². The first-order valence-corrected chi connectivity index (χ1v) is 6.96. The molecule has 2 rings (SSSR count). The molecule has 1 aliphatic heterocycles. The molecule has 5 heteroatoms. The van der Waals surface area contributed by atoms with Crippen molar-refractivity contribution < 1.29 is 5.11 Å². The number of hydrogen-bond donors (Lipinski definition) is 2. The van der Waals surface area contributed by atoms with Gasteiger partial charge < -0.3 is 10.4 Å². The number of phenolic OH excluding ortho intramolecular Hbond substituents is 1. The molecule has 1 aliphatic rings. The van der Waals surface area contributed by atoms with E-state index in [1.807, 2.05) is 13.0 Å². The summed E-state index contributed by atoms with van der Waals surface area (Å²) in [6.07, 6.45) is 0.899. The van der Waals surface area contributed by atoms with E-state index in [2.05, 4.69) is 35.9 Å². The summed E-state index contributed by atoms with van der Waals surface area (Å²) in [5, 5.41) is 13.6. The van der Waals surface area contributed by atoms with Crippen LogP contribution in [0.5, 0.6) is 5.75 Å². The van der Waals surface area contributed by atoms with E-state index in [1.54, 1.807) is 0 Å². The summed E-state index contributed by atoms with van der Waals surface area (Å²) < 4.78 is 0. The molecule has 120 valence electrons. The quantitative estimate of drug-likeness (QED) is 0.829. The number of benzene rings is 1. The Morgan fingerprint density at radius 3 is 2.48 bits per heavy atom. The first-order valence-electron chi connectivity index (χ1n) is 6.96. The van der Waals surface area contributed by atoms with Crippen molar-refractivity contribution in [1.82, 2.24) is 10.2 Å². The standard InChI is InChI=1S/C16H24N2O.2ClH/c1-12(2)10-15(18-8-6-17-7-9-18)14-5-4-13(3)11-16(14)19;;/h4-5,11,15,17,19H,1,6-10H2,2-3H3;2*1H/t15-;;/m0../s1. The van der Waals surface area contributed by atoms with Crippen molar-refractivity contribution in [3.05, 3.63) is 41.5 Å². The predicted molar refractivity (Wildman–Crippen MR) is 94.0 cm³/mol. The van der Waals surface area contributed by atoms with Gasteiger partial charge in [-0.15, -0.1) is 31.4 Å². The molecule has 0 bridgehead atoms. The maximum atomic E-state index is 10.2. The minimum atomic E-state index is 0. The van der Waals surface area contributed by atoms with Crippen LogP contribution in [0.1, 0.15) is 30.5 Å². The fourth-order valence-corrected chi connectivity index (χ4v) is 2.70. The lowest BCUT2D eigenvalue weighted by atomic mass is 9.96. The Labute approximate surface area is 140 Å². The minimum Gasteiger partial charge on any atom is -0.508 e. The van der Waals surface area contributed by atoms with Crippen LogP contribution in [0.4, 0.5) is 0 Å². The van der Waals surface area contributed by atoms with E-state index in [0.717, 1.165) is 49.3 Å². The van der Waals surface area contributed by atoms with Gasteiger partial charge in [0.15, 0.2) is 0 Å². The maximum absolute atomic E-state index is 10.2. The number of nitrogens with zero attached hydrogens (tertiary/aromatic N) is 1. The fraction of sp³-hybridized carbons (Fsp3) is 0.500. The topological polar surface area (TPSA) is 35.5 Å². The van der Waals surface area contributed by atoms with Crippen LogP contribution < -0.4 is 5.32 Å². The minimum absolute atomic E-state index is 0. The molecule has 0 spiro atoms. The van der Waals surface area contributed by atoms with Crippen molar-refractivity contribution in [2.24, 2.45) is 0 Å². The molecular formula is C16H26Cl2N2O. The van der Waals surface area contributed by atoms with Gasteiger partial charge in [0, 0.05) is 37.8 Å². The normalized spacial score (nSPS) is 16.5. The molecular weight excluding hydrogens is 307 g/mol. The molecule has 1 saturated heterocycles. The molecule has 1 fully saturated rings. The van der Waals surface area contributed by atoms with Gasteiger partial charge in [0.2, 0.25) is 0 Å². The molecule has 1 aromatic carbocycles. The van der Waals surface area contributed by atoms with Gasteiger partial charge in [0.1, 0.15) is 5.75 Å². The number of phenols is 1. The Bertz CT molecular complexity index is 460. The van der Waals surface area contributed by atoms with Crippen molar-refractivity contribution in [2.75, 3.05) is 26.2 Å². The zero-order valence-corrected chi connectivity index (χ0v) is 14.4. The summed E-state index contributed by atoms with van der Waals surface area (Å²) >= 11 is 0. The van der Waals surface area contributed by atoms with E-state index >= 15 is 0 Å². The zero-order valence-electron chi connectivity index (χ0n) is 12.8. The summed E-state index contributed by atoms with van der Waals surface area (Å²) in [4.78, 5) is 2.44. The summed E-state index contributed by atoms with van der Waals surface area (Å²) in [7, 11) is 0. The summed E-state index contributed by atoms with van der Waals surface area (Å²) in [6.45, 7) is 12.2. The van der Waals surface area contributed by atoms with E-state index in [-0.39, 0.29) is 30.9 Å². The molecule has 1 atom stereocenters. The van der Waals surface area contributed by atoms with Gasteiger partial charge in [-0.05, 0) is 31.9 Å². The van der Waals surface area contributed by atoms with E-state index in [4.69, 9.17) is 0 Å². The summed E-state index contributed by atoms with van der Waals surface area (Å²) in [5.74, 6) is 0.407. The number of nitrogens with one attached hydrogen (secondary N) is 1. The molecule has 0 aromatic heterocycles. The van der Waals surface area contributed by atoms with Crippen molar-refractivity contribution in [1.29, 1.82) is 0 Å². The lowest BCUT2D eigenvalue weighted by Gasteiger charge is -2.35. The van der Waals surface area contributed by atoms with Crippen LogP contribution in [0.2, 0.25) is 0 Å². The highest BCUT2D eigenvalue weighted by Gasteiger charge is 2.24. The summed E-state index contributed by atoms with van der Waals surface area (Å²) in [5.41, 5.74) is 3.27. The Balaban J connectivity index is 0.00000200. The van der Waals surface area contributed by atoms with E-state index in [0.29, 0.717) is 5.75 Å². The second-order valence-corrected chi connectivity index (χ2v) is 5.53. The van der Waals surface area contributed by atoms with Crippen LogP contribution in [0, 0.1) is 6.92 Å². The van der Waals surface area contributed by atoms with E-state index < -0.39 is 0 Å². The number of hydrogen-bond acceptors (Lipinski definition) is 3. The van der Waals surface area contributed by atoms with Gasteiger partial charge in [0.05, 0.1) is 0 Å². The first kappa shape index (κ1) is 20.3. The SMILES string of the molecule is C=C(C)C[C@@H](c1ccc(C)cc1O)N1CCNCC1.Cl.Cl. The number of aryl methyl sites for hydroxylation is 1. The monoisotopic (exact) mass is 332 g/mol. The second kappa shape index (κ2) is 9.31. The number of rotatable bonds is 4. The molecule has 1 heterocycles. The molecule has 0 radical (unpaired) electrons. The van der Waals surface area contributed by atoms with E-state index in [9.17, 15) is 5.11 Å². The largest absolute Gasteiger partial charge is 0.508 e. The van der Waals surface area contributed by atoms with Gasteiger partial charge in [-0.25, -0.2) is 0 Å². The molecule has 0 amide bonds. The van der Waals surface area contributed by atoms with Gasteiger partial charge in [0.25, 0.3) is 0 Å². The molecule has 3 nitrogen and oxygen atoms in total. The third-order valence-corrected chi connectivity index (χ3v) is 3.68. The highest BCUT2D eigenvalue weighted by atomic mass is 35.5. The van der Waals surface area contributed by atoms with Gasteiger partial charge in [-0.3, -0.25) is 4.90 Å². The van der Waals surface area contributed by atoms with Crippen LogP contribution >= 0.6 is 24.8 Å². The average Bonchev–Trinajstić information content (AvgIpc) is 2.37. The summed E-state index contributed by atoms with van der Waals surface area (Å²) in [6, 6.07) is 6.21. The Morgan fingerprint density at radius 1 is 1.33 bits per heavy atom. The number of aromatic hydroxyl groups is 1. The van der Waals surface area contributed by atoms with E-state index in [1.165, 1.54) is 0 Å². The molecule has 21 heavy (non-hydrogen) atoms. The van der Waals surface area contributed by atoms with Gasteiger partial charge >= 0.3 is 0 Å². The fourth-order valence-electron chi connectivity index (χ4n) is 2.70. The van der Waals surface area contributed by atoms with Crippen molar-refractivity contribution in [2.45, 2.75) is 26.3 Å². The Morgan fingerprint density at radius 2 is 1.95 bits per heavy atom. The molecule has 2 N–H and O–H groups in total. The van der Waals surface area contributed by atoms with Crippen LogP contribution in [-0.2, 0) is 0 Å². The third kappa shape index (κ3) is 5.51. The van der Waals surface area contributed by atoms with Crippen molar-refractivity contribution in [3.63, 3.8) is 0 Å². The predicted octanol–water partition coefficient (Wildman–Crippen LogP) is 3.46. The molecule has 0 saturated carbocycles. The van der Waals surface area contributed by atoms with Crippen LogP contribution in [-0.4, -0.2) is 36.2 Å². The van der Waals surface area contributed by atoms with Gasteiger partial charge in [-0.1, -0.05) is 17.7 Å². The van der Waals surface area contributed by atoms with Crippen LogP contribution in [0.25, 0.3) is 0 Å². The van der Waals surface area contributed by atoms with Crippen LogP contribution in [0.15, 0.2) is 30.4 Å². The molecule has 0 unspecified atom stereocenters. The lowest BCUT2D eigenvalue weighted by Crippen LogP contribution is -2.45. The first-order chi connectivity index (χ1) is 9.08. The smallest absolute Gasteiger partial charge is 0.120 e. The molecule has 1 aromatic rings. The third-order valence-electron chi connectivity index (χ3n) is 3.68. The maximum Gasteiger partial charge on any atom is 0.120 e.